The van der Waals surface area contributed by atoms with Crippen LogP contribution >= 0.6 is 39.0 Å². The zero-order valence-electron chi connectivity index (χ0n) is 12.9. The zero-order chi connectivity index (χ0) is 15.1. The number of rotatable bonds is 2. The minimum Gasteiger partial charge on any atom is -0.0836 e. The van der Waals surface area contributed by atoms with E-state index in [4.69, 9.17) is 23.2 Å². The molecule has 2 aromatic carbocycles. The Bertz CT molecular complexity index is 500. The van der Waals surface area contributed by atoms with Crippen molar-refractivity contribution in [1.29, 1.82) is 0 Å². The van der Waals surface area contributed by atoms with Crippen LogP contribution in [-0.2, 0) is 44.8 Å². The second kappa shape index (κ2) is 13.6. The fourth-order valence-corrected chi connectivity index (χ4v) is 4.69. The molecule has 0 aromatic heterocycles. The molecular weight excluding hydrogens is 719 g/mol. The molecule has 0 aliphatic carbocycles. The molecule has 0 nitrogen and oxygen atoms in total. The van der Waals surface area contributed by atoms with Crippen molar-refractivity contribution in [2.45, 2.75) is 0 Å². The summed E-state index contributed by atoms with van der Waals surface area (Å²) in [6, 6.07) is 16.1. The summed E-state index contributed by atoms with van der Waals surface area (Å²) >= 11 is 11.9. The molecule has 0 spiro atoms. The molecule has 0 N–H and O–H groups in total. The van der Waals surface area contributed by atoms with Gasteiger partial charge in [0.2, 0.25) is 0 Å². The van der Waals surface area contributed by atoms with Gasteiger partial charge in [-0.05, 0) is 49.4 Å². The van der Waals surface area contributed by atoms with Crippen LogP contribution in [-0.4, -0.2) is 26.7 Å². The van der Waals surface area contributed by atoms with Crippen LogP contribution in [0, 0.1) is 0 Å². The zero-order valence-corrected chi connectivity index (χ0v) is 20.5. The molecule has 0 atom stereocenters. The average molecular weight is 739 g/mol. The molecule has 0 fully saturated rings. The van der Waals surface area contributed by atoms with Crippen molar-refractivity contribution in [3.8, 4) is 0 Å². The van der Waals surface area contributed by atoms with Gasteiger partial charge in [0, 0.05) is 54.8 Å². The van der Waals surface area contributed by atoms with Crippen LogP contribution in [0.2, 0.25) is 10.0 Å². The van der Waals surface area contributed by atoms with E-state index in [0.29, 0.717) is 0 Å². The van der Waals surface area contributed by atoms with Crippen molar-refractivity contribution in [3.05, 3.63) is 58.6 Å². The first-order valence-corrected chi connectivity index (χ1v) is 11.5. The van der Waals surface area contributed by atoms with Gasteiger partial charge in [-0.15, -0.1) is 0 Å². The first-order valence-electron chi connectivity index (χ1n) is 6.27. The molecule has 130 valence electrons. The van der Waals surface area contributed by atoms with Crippen molar-refractivity contribution >= 4 is 49.7 Å². The smallest absolute Gasteiger partial charge is 0.0482 e. The van der Waals surface area contributed by atoms with E-state index < -0.39 is 0 Å². The Balaban J connectivity index is 0. The molecule has 6 heteroatoms. The number of hydrogen-bond acceptors (Lipinski definition) is 0. The van der Waals surface area contributed by atoms with E-state index in [1.165, 1.54) is 10.6 Å². The second-order valence-electron chi connectivity index (χ2n) is 4.69. The van der Waals surface area contributed by atoms with Gasteiger partial charge in [0.05, 0.1) is 0 Å². The summed E-state index contributed by atoms with van der Waals surface area (Å²) in [5, 5.41) is 4.38. The maximum atomic E-state index is 5.94. The molecule has 0 unspecified atom stereocenters. The number of halogens is 2. The number of hydrogen-bond donors (Lipinski definition) is 0. The van der Waals surface area contributed by atoms with Crippen LogP contribution in [0.25, 0.3) is 0 Å². The Morgan fingerprint density at radius 2 is 0.864 bits per heavy atom. The van der Waals surface area contributed by atoms with Crippen LogP contribution in [0.1, 0.15) is 0 Å². The third-order valence-corrected chi connectivity index (χ3v) is 6.30. The van der Waals surface area contributed by atoms with Gasteiger partial charge in [0.25, 0.3) is 0 Å². The van der Waals surface area contributed by atoms with E-state index in [0.717, 1.165) is 10.0 Å². The SMILES string of the molecule is CP(C)c1ccccc1Cl.CP(C)c1ccccc1Cl.[Au].[Au]. The summed E-state index contributed by atoms with van der Waals surface area (Å²) in [5.41, 5.74) is 0. The van der Waals surface area contributed by atoms with E-state index in [9.17, 15) is 0 Å². The largest absolute Gasteiger partial charge is 0.0836 e. The van der Waals surface area contributed by atoms with E-state index in [2.05, 4.69) is 38.8 Å². The molecule has 0 aliphatic rings. The van der Waals surface area contributed by atoms with Gasteiger partial charge in [-0.3, -0.25) is 0 Å². The predicted octanol–water partition coefficient (Wildman–Crippen LogP) is 5.41. The summed E-state index contributed by atoms with van der Waals surface area (Å²) in [4.78, 5) is 0. The van der Waals surface area contributed by atoms with Crippen LogP contribution < -0.4 is 10.6 Å². The fraction of sp³-hybridized carbons (Fsp3) is 0.250. The minimum atomic E-state index is -0.0484. The number of benzene rings is 2. The Morgan fingerprint density at radius 1 is 0.591 bits per heavy atom. The topological polar surface area (TPSA) is 0 Å². The molecule has 2 radical (unpaired) electrons. The molecule has 0 amide bonds. The van der Waals surface area contributed by atoms with Crippen molar-refractivity contribution in [1.82, 2.24) is 0 Å². The molecule has 2 rings (SSSR count). The Hall–Kier alpha value is 1.36. The van der Waals surface area contributed by atoms with Gasteiger partial charge in [-0.25, -0.2) is 0 Å². The molecule has 0 saturated carbocycles. The molecule has 0 saturated heterocycles. The molecule has 0 bridgehead atoms. The third-order valence-electron chi connectivity index (χ3n) is 2.67. The van der Waals surface area contributed by atoms with Crippen molar-refractivity contribution < 1.29 is 44.8 Å². The summed E-state index contributed by atoms with van der Waals surface area (Å²) in [6.07, 6.45) is 0. The van der Waals surface area contributed by atoms with Gasteiger partial charge >= 0.3 is 0 Å². The first-order chi connectivity index (χ1) is 9.43. The van der Waals surface area contributed by atoms with E-state index in [1.54, 1.807) is 0 Å². The summed E-state index contributed by atoms with van der Waals surface area (Å²) in [5.74, 6) is 0. The second-order valence-corrected chi connectivity index (χ2v) is 10.0. The summed E-state index contributed by atoms with van der Waals surface area (Å²) in [7, 11) is -0.0967. The summed E-state index contributed by atoms with van der Waals surface area (Å²) < 4.78 is 0. The van der Waals surface area contributed by atoms with Crippen LogP contribution in [0.5, 0.6) is 0 Å². The van der Waals surface area contributed by atoms with Crippen LogP contribution in [0.3, 0.4) is 0 Å². The monoisotopic (exact) mass is 738 g/mol. The van der Waals surface area contributed by atoms with Crippen molar-refractivity contribution in [2.24, 2.45) is 0 Å². The first kappa shape index (κ1) is 25.6. The van der Waals surface area contributed by atoms with Gasteiger partial charge in [-0.1, -0.05) is 75.4 Å². The van der Waals surface area contributed by atoms with Crippen molar-refractivity contribution in [3.63, 3.8) is 0 Å². The molecule has 0 heterocycles. The maximum Gasteiger partial charge on any atom is 0.0482 e. The minimum absolute atomic E-state index is 0. The Morgan fingerprint density at radius 3 is 1.05 bits per heavy atom. The molecule has 22 heavy (non-hydrogen) atoms. The maximum absolute atomic E-state index is 5.94. The normalized spacial score (nSPS) is 9.45. The Kier molecular flexibility index (Phi) is 15.9. The van der Waals surface area contributed by atoms with E-state index in [-0.39, 0.29) is 60.6 Å². The van der Waals surface area contributed by atoms with Gasteiger partial charge in [0.1, 0.15) is 0 Å². The summed E-state index contributed by atoms with van der Waals surface area (Å²) in [6.45, 7) is 8.82. The Labute approximate surface area is 178 Å². The molecular formula is C16H20Au2Cl2P2. The van der Waals surface area contributed by atoms with Gasteiger partial charge in [0.15, 0.2) is 0 Å². The third kappa shape index (κ3) is 9.00. The van der Waals surface area contributed by atoms with Gasteiger partial charge in [-0.2, -0.15) is 0 Å². The van der Waals surface area contributed by atoms with Gasteiger partial charge < -0.3 is 0 Å². The van der Waals surface area contributed by atoms with E-state index in [1.807, 2.05) is 36.4 Å². The fourth-order valence-electron chi connectivity index (χ4n) is 1.63. The average Bonchev–Trinajstić information content (AvgIpc) is 2.40. The predicted molar refractivity (Wildman–Crippen MR) is 99.7 cm³/mol. The molecule has 2 aromatic rings. The van der Waals surface area contributed by atoms with Crippen molar-refractivity contribution in [2.75, 3.05) is 26.7 Å². The van der Waals surface area contributed by atoms with Crippen LogP contribution in [0.15, 0.2) is 48.5 Å². The van der Waals surface area contributed by atoms with E-state index >= 15 is 0 Å². The molecule has 0 aliphatic heterocycles. The quantitative estimate of drug-likeness (QED) is 0.286. The van der Waals surface area contributed by atoms with Crippen LogP contribution in [0.4, 0.5) is 0 Å². The standard InChI is InChI=1S/2C8H10ClP.2Au/c2*1-10(2)8-6-4-3-5-7(8)9;;/h2*3-6H,1-2H3;;.